The maximum Gasteiger partial charge on any atom is 0.251 e. The lowest BCUT2D eigenvalue weighted by molar-refractivity contribution is 0.0936. The van der Waals surface area contributed by atoms with Crippen molar-refractivity contribution in [3.8, 4) is 11.5 Å². The molecule has 0 spiro atoms. The van der Waals surface area contributed by atoms with Crippen LogP contribution < -0.4 is 14.8 Å². The van der Waals surface area contributed by atoms with Gasteiger partial charge < -0.3 is 14.8 Å². The summed E-state index contributed by atoms with van der Waals surface area (Å²) < 4.78 is 11.1. The van der Waals surface area contributed by atoms with Gasteiger partial charge in [-0.15, -0.1) is 0 Å². The Bertz CT molecular complexity index is 727. The predicted octanol–water partition coefficient (Wildman–Crippen LogP) is 3.90. The molecule has 3 rings (SSSR count). The smallest absolute Gasteiger partial charge is 0.251 e. The lowest BCUT2D eigenvalue weighted by Crippen LogP contribution is -2.27. The van der Waals surface area contributed by atoms with E-state index in [0.29, 0.717) is 30.3 Å². The molecule has 2 aromatic carbocycles. The van der Waals surface area contributed by atoms with Crippen LogP contribution in [0.3, 0.4) is 0 Å². The highest BCUT2D eigenvalue weighted by molar-refractivity contribution is 5.95. The van der Waals surface area contributed by atoms with Crippen molar-refractivity contribution < 1.29 is 14.3 Å². The molecule has 0 bridgehead atoms. The fourth-order valence-corrected chi connectivity index (χ4v) is 3.14. The van der Waals surface area contributed by atoms with E-state index >= 15 is 0 Å². The Balaban J connectivity index is 1.77. The molecule has 0 radical (unpaired) electrons. The van der Waals surface area contributed by atoms with Crippen molar-refractivity contribution in [2.45, 2.75) is 32.7 Å². The van der Waals surface area contributed by atoms with Gasteiger partial charge in [0.2, 0.25) is 0 Å². The van der Waals surface area contributed by atoms with Gasteiger partial charge in [0.15, 0.2) is 11.5 Å². The van der Waals surface area contributed by atoms with Crippen LogP contribution in [-0.2, 0) is 6.42 Å². The van der Waals surface area contributed by atoms with Gasteiger partial charge in [-0.1, -0.05) is 24.3 Å². The largest absolute Gasteiger partial charge is 0.490 e. The zero-order chi connectivity index (χ0) is 16.9. The molecule has 126 valence electrons. The number of benzene rings is 2. The van der Waals surface area contributed by atoms with Gasteiger partial charge >= 0.3 is 0 Å². The standard InChI is InChI=1S/C20H23NO3/c1-3-23-18-12-10-15(13-19(18)24-4-2)20(22)21-17-11-9-14-7-5-6-8-16(14)17/h5-8,10,12-13,17H,3-4,9,11H2,1-2H3,(H,21,22)/t17-/m0/s1. The van der Waals surface area contributed by atoms with Crippen molar-refractivity contribution in [2.75, 3.05) is 13.2 Å². The van der Waals surface area contributed by atoms with Gasteiger partial charge in [-0.05, 0) is 56.0 Å². The van der Waals surface area contributed by atoms with Gasteiger partial charge in [-0.25, -0.2) is 0 Å². The second-order valence-electron chi connectivity index (χ2n) is 5.79. The van der Waals surface area contributed by atoms with Crippen molar-refractivity contribution in [1.29, 1.82) is 0 Å². The number of rotatable bonds is 6. The van der Waals surface area contributed by atoms with Crippen molar-refractivity contribution in [3.63, 3.8) is 0 Å². The zero-order valence-electron chi connectivity index (χ0n) is 14.2. The van der Waals surface area contributed by atoms with Crippen LogP contribution in [0.4, 0.5) is 0 Å². The van der Waals surface area contributed by atoms with Crippen molar-refractivity contribution in [1.82, 2.24) is 5.32 Å². The Kier molecular flexibility index (Phi) is 5.04. The van der Waals surface area contributed by atoms with Crippen LogP contribution in [0.2, 0.25) is 0 Å². The van der Waals surface area contributed by atoms with E-state index in [9.17, 15) is 4.79 Å². The third-order valence-corrected chi connectivity index (χ3v) is 4.24. The summed E-state index contributed by atoms with van der Waals surface area (Å²) >= 11 is 0. The molecule has 0 heterocycles. The second-order valence-corrected chi connectivity index (χ2v) is 5.79. The molecule has 0 saturated heterocycles. The van der Waals surface area contributed by atoms with Crippen LogP contribution >= 0.6 is 0 Å². The zero-order valence-corrected chi connectivity index (χ0v) is 14.2. The van der Waals surface area contributed by atoms with E-state index in [1.54, 1.807) is 18.2 Å². The van der Waals surface area contributed by atoms with Gasteiger partial charge in [0.05, 0.1) is 19.3 Å². The minimum absolute atomic E-state index is 0.0795. The molecule has 4 heteroatoms. The van der Waals surface area contributed by atoms with Crippen LogP contribution in [0.25, 0.3) is 0 Å². The predicted molar refractivity (Wildman–Crippen MR) is 93.8 cm³/mol. The van der Waals surface area contributed by atoms with E-state index in [1.807, 2.05) is 26.0 Å². The highest BCUT2D eigenvalue weighted by atomic mass is 16.5. The molecule has 0 saturated carbocycles. The van der Waals surface area contributed by atoms with Crippen LogP contribution in [0.5, 0.6) is 11.5 Å². The molecule has 0 fully saturated rings. The highest BCUT2D eigenvalue weighted by Crippen LogP contribution is 2.32. The first kappa shape index (κ1) is 16.4. The number of nitrogens with one attached hydrogen (secondary N) is 1. The molecule has 0 unspecified atom stereocenters. The SMILES string of the molecule is CCOc1ccc(C(=O)N[C@H]2CCc3ccccc32)cc1OCC. The molecule has 2 aromatic rings. The fourth-order valence-electron chi connectivity index (χ4n) is 3.14. The normalized spacial score (nSPS) is 15.7. The molecule has 0 aliphatic heterocycles. The summed E-state index contributed by atoms with van der Waals surface area (Å²) in [5, 5.41) is 3.14. The highest BCUT2D eigenvalue weighted by Gasteiger charge is 2.24. The van der Waals surface area contributed by atoms with Gasteiger partial charge in [0, 0.05) is 5.56 Å². The first-order chi connectivity index (χ1) is 11.7. The van der Waals surface area contributed by atoms with Gasteiger partial charge in [0.1, 0.15) is 0 Å². The van der Waals surface area contributed by atoms with E-state index in [2.05, 4.69) is 17.4 Å². The molecule has 1 aliphatic rings. The summed E-state index contributed by atoms with van der Waals surface area (Å²) in [4.78, 5) is 12.6. The molecule has 1 atom stereocenters. The lowest BCUT2D eigenvalue weighted by atomic mass is 10.1. The second kappa shape index (κ2) is 7.39. The third kappa shape index (κ3) is 3.37. The Hall–Kier alpha value is -2.49. The average Bonchev–Trinajstić information content (AvgIpc) is 3.00. The van der Waals surface area contributed by atoms with E-state index in [1.165, 1.54) is 11.1 Å². The molecule has 0 aromatic heterocycles. The molecule has 1 N–H and O–H groups in total. The van der Waals surface area contributed by atoms with Crippen LogP contribution in [0.1, 0.15) is 47.8 Å². The number of hydrogen-bond donors (Lipinski definition) is 1. The summed E-state index contributed by atoms with van der Waals surface area (Å²) in [6.07, 6.45) is 1.95. The van der Waals surface area contributed by atoms with Crippen molar-refractivity contribution in [2.24, 2.45) is 0 Å². The quantitative estimate of drug-likeness (QED) is 0.876. The summed E-state index contributed by atoms with van der Waals surface area (Å²) in [6, 6.07) is 13.7. The summed E-state index contributed by atoms with van der Waals surface area (Å²) in [6.45, 7) is 4.93. The van der Waals surface area contributed by atoms with Crippen molar-refractivity contribution in [3.05, 3.63) is 59.2 Å². The van der Waals surface area contributed by atoms with E-state index in [0.717, 1.165) is 12.8 Å². The molecule has 4 nitrogen and oxygen atoms in total. The minimum atomic E-state index is -0.0827. The maximum atomic E-state index is 12.6. The summed E-state index contributed by atoms with van der Waals surface area (Å²) in [5.74, 6) is 1.20. The third-order valence-electron chi connectivity index (χ3n) is 4.24. The Morgan fingerprint density at radius 1 is 1.08 bits per heavy atom. The monoisotopic (exact) mass is 325 g/mol. The first-order valence-corrected chi connectivity index (χ1v) is 8.51. The average molecular weight is 325 g/mol. The lowest BCUT2D eigenvalue weighted by Gasteiger charge is -2.16. The summed E-state index contributed by atoms with van der Waals surface area (Å²) in [5.41, 5.74) is 3.14. The Morgan fingerprint density at radius 3 is 2.62 bits per heavy atom. The molecular formula is C20H23NO3. The van der Waals surface area contributed by atoms with Gasteiger partial charge in [-0.3, -0.25) is 4.79 Å². The number of aryl methyl sites for hydroxylation is 1. The van der Waals surface area contributed by atoms with Crippen LogP contribution in [0.15, 0.2) is 42.5 Å². The molecule has 1 amide bonds. The molecule has 1 aliphatic carbocycles. The van der Waals surface area contributed by atoms with Gasteiger partial charge in [-0.2, -0.15) is 0 Å². The summed E-state index contributed by atoms with van der Waals surface area (Å²) in [7, 11) is 0. The van der Waals surface area contributed by atoms with E-state index < -0.39 is 0 Å². The van der Waals surface area contributed by atoms with Crippen molar-refractivity contribution >= 4 is 5.91 Å². The van der Waals surface area contributed by atoms with Crippen LogP contribution in [-0.4, -0.2) is 19.1 Å². The molecular weight excluding hydrogens is 302 g/mol. The number of carbonyl (C=O) groups is 1. The minimum Gasteiger partial charge on any atom is -0.490 e. The topological polar surface area (TPSA) is 47.6 Å². The Labute approximate surface area is 142 Å². The number of hydrogen-bond acceptors (Lipinski definition) is 3. The maximum absolute atomic E-state index is 12.6. The number of fused-ring (bicyclic) bond motifs is 1. The molecule has 24 heavy (non-hydrogen) atoms. The van der Waals surface area contributed by atoms with E-state index in [4.69, 9.17) is 9.47 Å². The van der Waals surface area contributed by atoms with E-state index in [-0.39, 0.29) is 11.9 Å². The number of carbonyl (C=O) groups excluding carboxylic acids is 1. The van der Waals surface area contributed by atoms with Crippen LogP contribution in [0, 0.1) is 0 Å². The Morgan fingerprint density at radius 2 is 1.83 bits per heavy atom. The van der Waals surface area contributed by atoms with Gasteiger partial charge in [0.25, 0.3) is 5.91 Å². The number of ether oxygens (including phenoxy) is 2. The first-order valence-electron chi connectivity index (χ1n) is 8.51. The number of amides is 1. The fraction of sp³-hybridized carbons (Fsp3) is 0.350.